The van der Waals surface area contributed by atoms with Gasteiger partial charge in [-0.1, -0.05) is 6.92 Å². The zero-order chi connectivity index (χ0) is 15.0. The molecule has 1 unspecified atom stereocenters. The number of hydrogen-bond donors (Lipinski definition) is 1. The predicted molar refractivity (Wildman–Crippen MR) is 80.0 cm³/mol. The molecule has 0 aliphatic rings. The molecule has 0 aromatic heterocycles. The number of nitrogens with one attached hydrogen (secondary N) is 1. The maximum absolute atomic E-state index is 9.24. The third kappa shape index (κ3) is 5.50. The predicted octanol–water partition coefficient (Wildman–Crippen LogP) is 3.13. The van der Waals surface area contributed by atoms with Crippen molar-refractivity contribution in [3.63, 3.8) is 0 Å². The summed E-state index contributed by atoms with van der Waals surface area (Å²) in [5, 5.41) is 12.4. The second kappa shape index (κ2) is 7.76. The maximum Gasteiger partial charge on any atom is 0.138 e. The van der Waals surface area contributed by atoms with Crippen molar-refractivity contribution < 1.29 is 9.47 Å². The first kappa shape index (κ1) is 16.3. The Labute approximate surface area is 121 Å². The molecule has 0 saturated heterocycles. The molecule has 0 spiro atoms. The molecule has 0 fully saturated rings. The van der Waals surface area contributed by atoms with Crippen LogP contribution in [0, 0.1) is 11.3 Å². The lowest BCUT2D eigenvalue weighted by Crippen LogP contribution is -2.49. The Balaban J connectivity index is 2.54. The summed E-state index contributed by atoms with van der Waals surface area (Å²) in [5.41, 5.74) is -0.689. The zero-order valence-electron chi connectivity index (χ0n) is 12.8. The Bertz CT molecular complexity index is 437. The van der Waals surface area contributed by atoms with Crippen LogP contribution in [-0.4, -0.2) is 24.8 Å². The van der Waals surface area contributed by atoms with Gasteiger partial charge < -0.3 is 9.47 Å². The molecule has 0 aliphatic carbocycles. The molecule has 4 heteroatoms. The molecular formula is C16H24N2O2. The van der Waals surface area contributed by atoms with Gasteiger partial charge in [0.25, 0.3) is 0 Å². The van der Waals surface area contributed by atoms with E-state index in [1.807, 2.05) is 45.0 Å². The molecule has 1 N–H and O–H groups in total. The number of hydrogen-bond acceptors (Lipinski definition) is 4. The van der Waals surface area contributed by atoms with Gasteiger partial charge in [0.2, 0.25) is 0 Å². The molecule has 1 atom stereocenters. The van der Waals surface area contributed by atoms with Crippen LogP contribution in [0.2, 0.25) is 0 Å². The lowest BCUT2D eigenvalue weighted by molar-refractivity contribution is 0.224. The number of nitrogens with zero attached hydrogens (tertiary/aromatic N) is 1. The van der Waals surface area contributed by atoms with Crippen molar-refractivity contribution in [2.24, 2.45) is 0 Å². The van der Waals surface area contributed by atoms with Crippen LogP contribution in [0.25, 0.3) is 0 Å². The van der Waals surface area contributed by atoms with Gasteiger partial charge in [0.05, 0.1) is 12.7 Å². The SMILES string of the molecule is CCCOc1ccc(OCC(C)(C#N)NC(C)C)cc1. The number of nitriles is 1. The van der Waals surface area contributed by atoms with Gasteiger partial charge in [-0.05, 0) is 51.5 Å². The van der Waals surface area contributed by atoms with E-state index in [9.17, 15) is 5.26 Å². The zero-order valence-corrected chi connectivity index (χ0v) is 12.8. The van der Waals surface area contributed by atoms with Gasteiger partial charge in [0, 0.05) is 6.04 Å². The molecular weight excluding hydrogens is 252 g/mol. The van der Waals surface area contributed by atoms with Gasteiger partial charge in [0.15, 0.2) is 0 Å². The Morgan fingerprint density at radius 3 is 2.20 bits per heavy atom. The fourth-order valence-corrected chi connectivity index (χ4v) is 1.82. The Hall–Kier alpha value is -1.73. The first-order valence-corrected chi connectivity index (χ1v) is 7.03. The molecule has 0 heterocycles. The minimum absolute atomic E-state index is 0.230. The number of benzene rings is 1. The van der Waals surface area contributed by atoms with E-state index in [0.29, 0.717) is 13.2 Å². The maximum atomic E-state index is 9.24. The van der Waals surface area contributed by atoms with Crippen LogP contribution in [-0.2, 0) is 0 Å². The van der Waals surface area contributed by atoms with Crippen molar-refractivity contribution in [2.45, 2.75) is 45.7 Å². The Morgan fingerprint density at radius 1 is 1.20 bits per heavy atom. The lowest BCUT2D eigenvalue weighted by Gasteiger charge is -2.25. The summed E-state index contributed by atoms with van der Waals surface area (Å²) in [6.45, 7) is 8.94. The quantitative estimate of drug-likeness (QED) is 0.792. The molecule has 1 aromatic rings. The minimum atomic E-state index is -0.689. The summed E-state index contributed by atoms with van der Waals surface area (Å²) in [6, 6.07) is 9.97. The lowest BCUT2D eigenvalue weighted by atomic mass is 10.1. The van der Waals surface area contributed by atoms with E-state index in [2.05, 4.69) is 18.3 Å². The third-order valence-corrected chi connectivity index (χ3v) is 2.68. The van der Waals surface area contributed by atoms with Crippen LogP contribution in [0.1, 0.15) is 34.1 Å². The van der Waals surface area contributed by atoms with Crippen molar-refractivity contribution in [1.29, 1.82) is 5.26 Å². The monoisotopic (exact) mass is 276 g/mol. The molecule has 0 saturated carbocycles. The second-order valence-electron chi connectivity index (χ2n) is 5.35. The average molecular weight is 276 g/mol. The third-order valence-electron chi connectivity index (χ3n) is 2.68. The Morgan fingerprint density at radius 2 is 1.75 bits per heavy atom. The van der Waals surface area contributed by atoms with Gasteiger partial charge >= 0.3 is 0 Å². The van der Waals surface area contributed by atoms with Crippen molar-refractivity contribution >= 4 is 0 Å². The van der Waals surface area contributed by atoms with E-state index >= 15 is 0 Å². The summed E-state index contributed by atoms with van der Waals surface area (Å²) in [7, 11) is 0. The van der Waals surface area contributed by atoms with Crippen molar-refractivity contribution in [3.05, 3.63) is 24.3 Å². The largest absolute Gasteiger partial charge is 0.494 e. The van der Waals surface area contributed by atoms with Crippen LogP contribution in [0.5, 0.6) is 11.5 Å². The molecule has 0 aliphatic heterocycles. The highest BCUT2D eigenvalue weighted by molar-refractivity contribution is 5.31. The number of ether oxygens (including phenoxy) is 2. The average Bonchev–Trinajstić information content (AvgIpc) is 2.43. The normalized spacial score (nSPS) is 13.6. The van der Waals surface area contributed by atoms with Crippen LogP contribution in [0.15, 0.2) is 24.3 Å². The van der Waals surface area contributed by atoms with E-state index in [4.69, 9.17) is 9.47 Å². The molecule has 1 aromatic carbocycles. The number of rotatable bonds is 8. The fraction of sp³-hybridized carbons (Fsp3) is 0.562. The second-order valence-corrected chi connectivity index (χ2v) is 5.35. The molecule has 20 heavy (non-hydrogen) atoms. The highest BCUT2D eigenvalue weighted by Gasteiger charge is 2.25. The Kier molecular flexibility index (Phi) is 6.33. The van der Waals surface area contributed by atoms with Gasteiger partial charge in [-0.25, -0.2) is 0 Å². The van der Waals surface area contributed by atoms with Crippen molar-refractivity contribution in [1.82, 2.24) is 5.32 Å². The van der Waals surface area contributed by atoms with E-state index in [1.54, 1.807) is 0 Å². The van der Waals surface area contributed by atoms with Gasteiger partial charge in [-0.15, -0.1) is 0 Å². The van der Waals surface area contributed by atoms with Crippen LogP contribution in [0.3, 0.4) is 0 Å². The van der Waals surface area contributed by atoms with Gasteiger partial charge in [-0.3, -0.25) is 5.32 Å². The van der Waals surface area contributed by atoms with E-state index in [0.717, 1.165) is 17.9 Å². The highest BCUT2D eigenvalue weighted by atomic mass is 16.5. The van der Waals surface area contributed by atoms with Crippen LogP contribution < -0.4 is 14.8 Å². The molecule has 0 radical (unpaired) electrons. The van der Waals surface area contributed by atoms with Crippen LogP contribution >= 0.6 is 0 Å². The summed E-state index contributed by atoms with van der Waals surface area (Å²) in [6.07, 6.45) is 0.986. The molecule has 1 rings (SSSR count). The van der Waals surface area contributed by atoms with E-state index in [1.165, 1.54) is 0 Å². The highest BCUT2D eigenvalue weighted by Crippen LogP contribution is 2.19. The first-order chi connectivity index (χ1) is 9.49. The minimum Gasteiger partial charge on any atom is -0.494 e. The fourth-order valence-electron chi connectivity index (χ4n) is 1.82. The summed E-state index contributed by atoms with van der Waals surface area (Å²) in [4.78, 5) is 0. The first-order valence-electron chi connectivity index (χ1n) is 7.03. The summed E-state index contributed by atoms with van der Waals surface area (Å²) < 4.78 is 11.2. The van der Waals surface area contributed by atoms with Gasteiger partial charge in [0.1, 0.15) is 23.6 Å². The topological polar surface area (TPSA) is 54.3 Å². The van der Waals surface area contributed by atoms with E-state index in [-0.39, 0.29) is 6.04 Å². The smallest absolute Gasteiger partial charge is 0.138 e. The van der Waals surface area contributed by atoms with E-state index < -0.39 is 5.54 Å². The van der Waals surface area contributed by atoms with Crippen LogP contribution in [0.4, 0.5) is 0 Å². The van der Waals surface area contributed by atoms with Crippen molar-refractivity contribution in [3.8, 4) is 17.6 Å². The van der Waals surface area contributed by atoms with Gasteiger partial charge in [-0.2, -0.15) is 5.26 Å². The van der Waals surface area contributed by atoms with Crippen molar-refractivity contribution in [2.75, 3.05) is 13.2 Å². The summed E-state index contributed by atoms with van der Waals surface area (Å²) >= 11 is 0. The molecule has 110 valence electrons. The molecule has 0 amide bonds. The standard InChI is InChI=1S/C16H24N2O2/c1-5-10-19-14-6-8-15(9-7-14)20-12-16(4,11-17)18-13(2)3/h6-9,13,18H,5,10,12H2,1-4H3. The molecule has 4 nitrogen and oxygen atoms in total. The molecule has 0 bridgehead atoms. The summed E-state index contributed by atoms with van der Waals surface area (Å²) in [5.74, 6) is 1.57.